The van der Waals surface area contributed by atoms with E-state index in [1.54, 1.807) is 12.1 Å². The number of carboxylic acids is 1. The Hall–Kier alpha value is -1.25. The molecule has 1 heterocycles. The third-order valence-corrected chi connectivity index (χ3v) is 5.14. The normalized spacial score (nSPS) is 20.0. The number of methoxy groups -OCH3 is 1. The van der Waals surface area contributed by atoms with Crippen LogP contribution in [0.5, 0.6) is 11.5 Å². The molecule has 1 fully saturated rings. The maximum absolute atomic E-state index is 11.4. The highest BCUT2D eigenvalue weighted by atomic mass is 79.9. The van der Waals surface area contributed by atoms with E-state index in [2.05, 4.69) is 15.9 Å². The maximum atomic E-state index is 11.4. The molecule has 1 aliphatic rings. The predicted octanol–water partition coefficient (Wildman–Crippen LogP) is 3.35. The number of hydrogen-bond acceptors (Lipinski definition) is 5. The molecule has 0 aliphatic carbocycles. The van der Waals surface area contributed by atoms with Crippen molar-refractivity contribution in [1.82, 2.24) is 0 Å². The van der Waals surface area contributed by atoms with Crippen LogP contribution in [0, 0.1) is 0 Å². The Labute approximate surface area is 150 Å². The fourth-order valence-electron chi connectivity index (χ4n) is 2.63. The lowest BCUT2D eigenvalue weighted by Crippen LogP contribution is -2.41. The average molecular weight is 401 g/mol. The molecule has 8 heteroatoms. The molecule has 0 bridgehead atoms. The summed E-state index contributed by atoms with van der Waals surface area (Å²) in [5, 5.41) is 19.8. The second kappa shape index (κ2) is 6.57. The third-order valence-electron chi connectivity index (χ3n) is 4.68. The highest BCUT2D eigenvalue weighted by molar-refractivity contribution is 9.10. The number of phenols is 1. The van der Waals surface area contributed by atoms with Crippen molar-refractivity contribution >= 4 is 29.0 Å². The summed E-state index contributed by atoms with van der Waals surface area (Å²) in [5.41, 5.74) is -0.789. The smallest absolute Gasteiger partial charge is 0.466 e. The van der Waals surface area contributed by atoms with Crippen molar-refractivity contribution in [3.05, 3.63) is 22.2 Å². The van der Waals surface area contributed by atoms with E-state index in [0.717, 1.165) is 0 Å². The van der Waals surface area contributed by atoms with Gasteiger partial charge in [0.1, 0.15) is 0 Å². The minimum absolute atomic E-state index is 0.110. The zero-order chi connectivity index (χ0) is 18.3. The van der Waals surface area contributed by atoms with E-state index in [9.17, 15) is 15.0 Å². The average Bonchev–Trinajstić information content (AvgIpc) is 2.66. The molecule has 2 rings (SSSR count). The van der Waals surface area contributed by atoms with Gasteiger partial charge in [0.25, 0.3) is 0 Å². The molecular formula is C16H22BBrO6. The van der Waals surface area contributed by atoms with Crippen LogP contribution >= 0.6 is 15.9 Å². The maximum Gasteiger partial charge on any atom is 0.466 e. The van der Waals surface area contributed by atoms with Crippen LogP contribution in [0.15, 0.2) is 16.6 Å². The number of ether oxygens (including phenoxy) is 1. The molecule has 2 N–H and O–H groups in total. The monoisotopic (exact) mass is 400 g/mol. The largest absolute Gasteiger partial charge is 0.504 e. The third kappa shape index (κ3) is 3.55. The molecule has 6 nitrogen and oxygen atoms in total. The number of carbonyl (C=O) groups is 1. The van der Waals surface area contributed by atoms with Gasteiger partial charge in [-0.15, -0.1) is 0 Å². The van der Waals surface area contributed by atoms with Crippen LogP contribution in [-0.4, -0.2) is 41.6 Å². The van der Waals surface area contributed by atoms with Gasteiger partial charge < -0.3 is 24.3 Å². The number of phenolic OH excluding ortho intramolecular Hbond substituents is 1. The van der Waals surface area contributed by atoms with Crippen LogP contribution in [0.1, 0.15) is 45.5 Å². The van der Waals surface area contributed by atoms with Crippen LogP contribution in [0.2, 0.25) is 0 Å². The lowest BCUT2D eigenvalue weighted by Gasteiger charge is -2.32. The number of aromatic hydroxyl groups is 1. The molecule has 24 heavy (non-hydrogen) atoms. The summed E-state index contributed by atoms with van der Waals surface area (Å²) in [6, 6.07) is 3.28. The van der Waals surface area contributed by atoms with Crippen molar-refractivity contribution in [3.63, 3.8) is 0 Å². The van der Waals surface area contributed by atoms with Gasteiger partial charge in [-0.2, -0.15) is 0 Å². The molecule has 1 aliphatic heterocycles. The lowest BCUT2D eigenvalue weighted by molar-refractivity contribution is -0.137. The molecule has 0 aromatic heterocycles. The van der Waals surface area contributed by atoms with Crippen molar-refractivity contribution in [1.29, 1.82) is 0 Å². The molecule has 132 valence electrons. The van der Waals surface area contributed by atoms with Gasteiger partial charge in [-0.3, -0.25) is 4.79 Å². The lowest BCUT2D eigenvalue weighted by atomic mass is 9.66. The van der Waals surface area contributed by atoms with Gasteiger partial charge in [-0.1, -0.05) is 15.9 Å². The van der Waals surface area contributed by atoms with E-state index < -0.39 is 30.1 Å². The molecule has 1 atom stereocenters. The fourth-order valence-corrected chi connectivity index (χ4v) is 3.08. The van der Waals surface area contributed by atoms with Crippen molar-refractivity contribution in [3.8, 4) is 11.5 Å². The van der Waals surface area contributed by atoms with Crippen molar-refractivity contribution < 1.29 is 29.1 Å². The Balaban J connectivity index is 2.48. The van der Waals surface area contributed by atoms with Gasteiger partial charge >= 0.3 is 13.1 Å². The van der Waals surface area contributed by atoms with Gasteiger partial charge in [-0.05, 0) is 39.8 Å². The van der Waals surface area contributed by atoms with Gasteiger partial charge in [0.15, 0.2) is 11.5 Å². The minimum atomic E-state index is -1.01. The first kappa shape index (κ1) is 19.1. The van der Waals surface area contributed by atoms with E-state index in [0.29, 0.717) is 10.0 Å². The van der Waals surface area contributed by atoms with Gasteiger partial charge in [0.05, 0.1) is 24.7 Å². The van der Waals surface area contributed by atoms with E-state index in [4.69, 9.17) is 14.0 Å². The van der Waals surface area contributed by atoms with Crippen molar-refractivity contribution in [2.75, 3.05) is 7.11 Å². The number of aliphatic carboxylic acids is 1. The number of hydrogen-bond donors (Lipinski definition) is 2. The SMILES string of the molecule is COc1cc(Br)cc(C(CC(=O)O)B2OC(C)(C)C(C)(C)O2)c1O. The van der Waals surface area contributed by atoms with E-state index in [-0.39, 0.29) is 17.9 Å². The standard InChI is InChI=1S/C16H22BBrO6/c1-15(2)16(3,4)24-17(23-15)11(8-13(19)20)10-6-9(18)7-12(22-5)14(10)21/h6-7,11,21H,8H2,1-5H3,(H,19,20). The zero-order valence-corrected chi connectivity index (χ0v) is 16.0. The number of benzene rings is 1. The first-order valence-electron chi connectivity index (χ1n) is 7.62. The topological polar surface area (TPSA) is 85.2 Å². The molecule has 1 saturated heterocycles. The molecule has 1 aromatic rings. The Morgan fingerprint density at radius 2 is 1.83 bits per heavy atom. The summed E-state index contributed by atoms with van der Waals surface area (Å²) < 4.78 is 17.8. The fraction of sp³-hybridized carbons (Fsp3) is 0.562. The summed E-state index contributed by atoms with van der Waals surface area (Å²) >= 11 is 3.36. The summed E-state index contributed by atoms with van der Waals surface area (Å²) in [6.45, 7) is 7.58. The van der Waals surface area contributed by atoms with Gasteiger partial charge in [0, 0.05) is 15.9 Å². The highest BCUT2D eigenvalue weighted by Crippen LogP contribution is 2.45. The number of rotatable bonds is 5. The van der Waals surface area contributed by atoms with Crippen molar-refractivity contribution in [2.24, 2.45) is 0 Å². The molecule has 0 saturated carbocycles. The molecule has 0 radical (unpaired) electrons. The Kier molecular flexibility index (Phi) is 5.23. The van der Waals surface area contributed by atoms with Gasteiger partial charge in [-0.25, -0.2) is 0 Å². The second-order valence-corrected chi connectivity index (χ2v) is 7.79. The molecular weight excluding hydrogens is 379 g/mol. The zero-order valence-electron chi connectivity index (χ0n) is 14.4. The minimum Gasteiger partial charge on any atom is -0.504 e. The van der Waals surface area contributed by atoms with E-state index in [1.807, 2.05) is 27.7 Å². The van der Waals surface area contributed by atoms with Crippen LogP contribution in [-0.2, 0) is 14.1 Å². The molecule has 0 spiro atoms. The molecule has 0 amide bonds. The quantitative estimate of drug-likeness (QED) is 0.737. The number of carboxylic acid groups (broad SMARTS) is 1. The van der Waals surface area contributed by atoms with Crippen LogP contribution in [0.4, 0.5) is 0 Å². The van der Waals surface area contributed by atoms with E-state index >= 15 is 0 Å². The van der Waals surface area contributed by atoms with Crippen LogP contribution in [0.25, 0.3) is 0 Å². The Morgan fingerprint density at radius 3 is 2.29 bits per heavy atom. The Bertz CT molecular complexity index is 630. The molecule has 1 unspecified atom stereocenters. The van der Waals surface area contributed by atoms with E-state index in [1.165, 1.54) is 7.11 Å². The summed E-state index contributed by atoms with van der Waals surface area (Å²) in [7, 11) is 0.641. The van der Waals surface area contributed by atoms with Crippen molar-refractivity contribution in [2.45, 2.75) is 51.1 Å². The Morgan fingerprint density at radius 1 is 1.29 bits per heavy atom. The first-order chi connectivity index (χ1) is 11.0. The second-order valence-electron chi connectivity index (χ2n) is 6.87. The predicted molar refractivity (Wildman–Crippen MR) is 93.4 cm³/mol. The first-order valence-corrected chi connectivity index (χ1v) is 8.41. The summed E-state index contributed by atoms with van der Waals surface area (Å²) in [4.78, 5) is 11.4. The summed E-state index contributed by atoms with van der Waals surface area (Å²) in [5.74, 6) is -1.55. The van der Waals surface area contributed by atoms with Gasteiger partial charge in [0.2, 0.25) is 0 Å². The summed E-state index contributed by atoms with van der Waals surface area (Å²) in [6.07, 6.45) is -0.246. The number of halogens is 1. The van der Waals surface area contributed by atoms with Crippen LogP contribution in [0.3, 0.4) is 0 Å². The highest BCUT2D eigenvalue weighted by Gasteiger charge is 2.54. The molecule has 1 aromatic carbocycles. The van der Waals surface area contributed by atoms with Crippen LogP contribution < -0.4 is 4.74 Å².